The molecule has 1 aromatic rings. The minimum absolute atomic E-state index is 0.0167. The van der Waals surface area contributed by atoms with E-state index in [9.17, 15) is 4.79 Å². The molecule has 0 amide bonds. The smallest absolute Gasteiger partial charge is 0.155 e. The molecule has 5 heteroatoms. The monoisotopic (exact) mass is 182 g/mol. The molecule has 1 heterocycles. The fourth-order valence-corrected chi connectivity index (χ4v) is 1.01. The Morgan fingerprint density at radius 1 is 1.77 bits per heavy atom. The lowest BCUT2D eigenvalue weighted by Gasteiger charge is -2.04. The molecule has 2 N–H and O–H groups in total. The van der Waals surface area contributed by atoms with Crippen molar-refractivity contribution in [3.05, 3.63) is 11.9 Å². The number of aromatic nitrogens is 3. The van der Waals surface area contributed by atoms with Crippen LogP contribution in [-0.4, -0.2) is 26.8 Å². The number of aryl methyl sites for hydroxylation is 1. The van der Waals surface area contributed by atoms with Crippen LogP contribution in [0.1, 0.15) is 19.0 Å². The number of hydrogen-bond donors (Lipinski definition) is 1. The number of carbonyl (C=O) groups excluding carboxylic acids is 1. The van der Waals surface area contributed by atoms with Crippen molar-refractivity contribution in [2.75, 3.05) is 0 Å². The van der Waals surface area contributed by atoms with Crippen molar-refractivity contribution in [2.45, 2.75) is 25.8 Å². The highest BCUT2D eigenvalue weighted by Crippen LogP contribution is 1.98. The van der Waals surface area contributed by atoms with E-state index in [1.165, 1.54) is 0 Å². The van der Waals surface area contributed by atoms with E-state index in [0.29, 0.717) is 12.1 Å². The number of ketones is 1. The first-order valence-electron chi connectivity index (χ1n) is 4.27. The van der Waals surface area contributed by atoms with Crippen molar-refractivity contribution in [2.24, 2.45) is 12.8 Å². The Kier molecular flexibility index (Phi) is 3.13. The highest BCUT2D eigenvalue weighted by Gasteiger charge is 2.13. The molecule has 0 aromatic carbocycles. The van der Waals surface area contributed by atoms with E-state index in [4.69, 9.17) is 5.73 Å². The number of carbonyl (C=O) groups is 1. The number of rotatable bonds is 4. The zero-order chi connectivity index (χ0) is 9.84. The average molecular weight is 182 g/mol. The first kappa shape index (κ1) is 9.85. The SMILES string of the molecule is CCC(N)C(=O)Cc1cn(C)nn1. The van der Waals surface area contributed by atoms with Crippen LogP contribution in [-0.2, 0) is 18.3 Å². The number of Topliss-reactive ketones (excluding diaryl/α,β-unsaturated/α-hetero) is 1. The van der Waals surface area contributed by atoms with E-state index in [-0.39, 0.29) is 18.2 Å². The van der Waals surface area contributed by atoms with Gasteiger partial charge in [0, 0.05) is 13.2 Å². The molecule has 0 spiro atoms. The van der Waals surface area contributed by atoms with E-state index < -0.39 is 0 Å². The van der Waals surface area contributed by atoms with E-state index in [0.717, 1.165) is 0 Å². The Morgan fingerprint density at radius 2 is 2.46 bits per heavy atom. The van der Waals surface area contributed by atoms with Gasteiger partial charge in [-0.05, 0) is 6.42 Å². The second kappa shape index (κ2) is 4.13. The van der Waals surface area contributed by atoms with Gasteiger partial charge in [-0.15, -0.1) is 5.10 Å². The third-order valence-electron chi connectivity index (χ3n) is 1.86. The molecule has 1 unspecified atom stereocenters. The van der Waals surface area contributed by atoms with Gasteiger partial charge in [0.15, 0.2) is 5.78 Å². The van der Waals surface area contributed by atoms with Gasteiger partial charge in [0.25, 0.3) is 0 Å². The van der Waals surface area contributed by atoms with Crippen LogP contribution in [0.3, 0.4) is 0 Å². The predicted molar refractivity (Wildman–Crippen MR) is 48.0 cm³/mol. The van der Waals surface area contributed by atoms with Crippen molar-refractivity contribution in [1.29, 1.82) is 0 Å². The molecule has 1 aromatic heterocycles. The maximum atomic E-state index is 11.4. The van der Waals surface area contributed by atoms with Crippen LogP contribution in [0.4, 0.5) is 0 Å². The minimum atomic E-state index is -0.373. The third-order valence-corrected chi connectivity index (χ3v) is 1.86. The predicted octanol–water partition coefficient (Wildman–Crippen LogP) is -0.336. The molecule has 0 saturated heterocycles. The van der Waals surface area contributed by atoms with Gasteiger partial charge in [-0.2, -0.15) is 0 Å². The van der Waals surface area contributed by atoms with Crippen molar-refractivity contribution in [1.82, 2.24) is 15.0 Å². The maximum Gasteiger partial charge on any atom is 0.155 e. The summed E-state index contributed by atoms with van der Waals surface area (Å²) in [7, 11) is 1.76. The fraction of sp³-hybridized carbons (Fsp3) is 0.625. The largest absolute Gasteiger partial charge is 0.322 e. The molecule has 1 rings (SSSR count). The summed E-state index contributed by atoms with van der Waals surface area (Å²) in [5, 5.41) is 7.54. The summed E-state index contributed by atoms with van der Waals surface area (Å²) in [5.74, 6) is 0.0167. The normalized spacial score (nSPS) is 12.8. The summed E-state index contributed by atoms with van der Waals surface area (Å²) in [6.45, 7) is 1.89. The van der Waals surface area contributed by atoms with Gasteiger partial charge >= 0.3 is 0 Å². The molecule has 72 valence electrons. The Bertz CT molecular complexity index is 294. The van der Waals surface area contributed by atoms with Crippen LogP contribution >= 0.6 is 0 Å². The Hall–Kier alpha value is -1.23. The molecular weight excluding hydrogens is 168 g/mol. The van der Waals surface area contributed by atoms with Crippen molar-refractivity contribution >= 4 is 5.78 Å². The Balaban J connectivity index is 2.54. The second-order valence-corrected chi connectivity index (χ2v) is 3.04. The standard InChI is InChI=1S/C8H14N4O/c1-3-7(9)8(13)4-6-5-12(2)11-10-6/h5,7H,3-4,9H2,1-2H3. The van der Waals surface area contributed by atoms with Crippen LogP contribution in [0.15, 0.2) is 6.20 Å². The summed E-state index contributed by atoms with van der Waals surface area (Å²) in [5.41, 5.74) is 6.24. The first-order chi connectivity index (χ1) is 6.13. The highest BCUT2D eigenvalue weighted by molar-refractivity contribution is 5.85. The first-order valence-corrected chi connectivity index (χ1v) is 4.27. The van der Waals surface area contributed by atoms with Crippen LogP contribution in [0, 0.1) is 0 Å². The topological polar surface area (TPSA) is 73.8 Å². The molecule has 1 atom stereocenters. The van der Waals surface area contributed by atoms with Crippen molar-refractivity contribution in [3.63, 3.8) is 0 Å². The Labute approximate surface area is 76.9 Å². The Morgan fingerprint density at radius 3 is 2.92 bits per heavy atom. The lowest BCUT2D eigenvalue weighted by atomic mass is 10.1. The van der Waals surface area contributed by atoms with Gasteiger partial charge < -0.3 is 5.73 Å². The van der Waals surface area contributed by atoms with Crippen LogP contribution in [0.2, 0.25) is 0 Å². The zero-order valence-electron chi connectivity index (χ0n) is 7.90. The van der Waals surface area contributed by atoms with Crippen molar-refractivity contribution < 1.29 is 4.79 Å². The zero-order valence-corrected chi connectivity index (χ0v) is 7.90. The average Bonchev–Trinajstić information content (AvgIpc) is 2.49. The fourth-order valence-electron chi connectivity index (χ4n) is 1.01. The van der Waals surface area contributed by atoms with E-state index in [1.54, 1.807) is 17.9 Å². The molecule has 0 aliphatic rings. The van der Waals surface area contributed by atoms with Crippen LogP contribution in [0.25, 0.3) is 0 Å². The third kappa shape index (κ3) is 2.62. The van der Waals surface area contributed by atoms with Crippen LogP contribution < -0.4 is 5.73 Å². The molecule has 0 fully saturated rings. The summed E-state index contributed by atoms with van der Waals surface area (Å²) in [4.78, 5) is 11.4. The van der Waals surface area contributed by atoms with Gasteiger partial charge in [-0.3, -0.25) is 9.48 Å². The lowest BCUT2D eigenvalue weighted by molar-refractivity contribution is -0.119. The van der Waals surface area contributed by atoms with Crippen LogP contribution in [0.5, 0.6) is 0 Å². The van der Waals surface area contributed by atoms with Gasteiger partial charge in [0.1, 0.15) is 0 Å². The second-order valence-electron chi connectivity index (χ2n) is 3.04. The summed E-state index contributed by atoms with van der Waals surface area (Å²) >= 11 is 0. The van der Waals surface area contributed by atoms with E-state index in [2.05, 4.69) is 10.3 Å². The van der Waals surface area contributed by atoms with Gasteiger partial charge in [0.05, 0.1) is 18.2 Å². The van der Waals surface area contributed by atoms with Gasteiger partial charge in [-0.25, -0.2) is 0 Å². The number of nitrogens with zero attached hydrogens (tertiary/aromatic N) is 3. The molecular formula is C8H14N4O. The molecule has 13 heavy (non-hydrogen) atoms. The number of hydrogen-bond acceptors (Lipinski definition) is 4. The lowest BCUT2D eigenvalue weighted by Crippen LogP contribution is -2.30. The molecule has 0 aliphatic heterocycles. The molecule has 5 nitrogen and oxygen atoms in total. The summed E-state index contributed by atoms with van der Waals surface area (Å²) in [6, 6.07) is -0.373. The minimum Gasteiger partial charge on any atom is -0.322 e. The number of nitrogens with two attached hydrogens (primary N) is 1. The van der Waals surface area contributed by atoms with Crippen molar-refractivity contribution in [3.8, 4) is 0 Å². The van der Waals surface area contributed by atoms with E-state index in [1.807, 2.05) is 6.92 Å². The molecule has 0 aliphatic carbocycles. The maximum absolute atomic E-state index is 11.4. The summed E-state index contributed by atoms with van der Waals surface area (Å²) < 4.78 is 1.57. The highest BCUT2D eigenvalue weighted by atomic mass is 16.1. The molecule has 0 radical (unpaired) electrons. The van der Waals surface area contributed by atoms with E-state index >= 15 is 0 Å². The van der Waals surface area contributed by atoms with Gasteiger partial charge in [0.2, 0.25) is 0 Å². The van der Waals surface area contributed by atoms with Gasteiger partial charge in [-0.1, -0.05) is 12.1 Å². The quantitative estimate of drug-likeness (QED) is 0.691. The molecule has 0 saturated carbocycles. The summed E-state index contributed by atoms with van der Waals surface area (Å²) in [6.07, 6.45) is 2.67. The molecule has 0 bridgehead atoms.